The summed E-state index contributed by atoms with van der Waals surface area (Å²) in [6.45, 7) is 2.18. The minimum atomic E-state index is -0.240. The van der Waals surface area contributed by atoms with E-state index in [1.165, 1.54) is 6.42 Å². The van der Waals surface area contributed by atoms with Gasteiger partial charge >= 0.3 is 0 Å². The molecule has 2 aromatic rings. The Morgan fingerprint density at radius 1 is 1.50 bits per heavy atom. The van der Waals surface area contributed by atoms with E-state index in [0.717, 1.165) is 30.3 Å². The highest BCUT2D eigenvalue weighted by Gasteiger charge is 2.38. The third-order valence-corrected chi connectivity index (χ3v) is 5.03. The molecule has 1 fully saturated rings. The Hall–Kier alpha value is -0.680. The van der Waals surface area contributed by atoms with Crippen molar-refractivity contribution in [1.29, 1.82) is 0 Å². The van der Waals surface area contributed by atoms with Crippen LogP contribution in [0.3, 0.4) is 0 Å². The summed E-state index contributed by atoms with van der Waals surface area (Å²) in [7, 11) is 0. The summed E-state index contributed by atoms with van der Waals surface area (Å²) in [5.41, 5.74) is 1.87. The molecule has 1 N–H and O–H groups in total. The van der Waals surface area contributed by atoms with Gasteiger partial charge in [-0.15, -0.1) is 0 Å². The Kier molecular flexibility index (Phi) is 2.86. The van der Waals surface area contributed by atoms with Crippen molar-refractivity contribution in [2.75, 3.05) is 0 Å². The number of fused-ring (bicyclic) bond motifs is 1. The molecule has 1 aromatic heterocycles. The van der Waals surface area contributed by atoms with Gasteiger partial charge < -0.3 is 9.55 Å². The average molecular weight is 329 g/mol. The molecule has 0 aliphatic heterocycles. The van der Waals surface area contributed by atoms with Crippen molar-refractivity contribution < 1.29 is 4.39 Å². The molecule has 0 radical (unpaired) electrons. The summed E-state index contributed by atoms with van der Waals surface area (Å²) in [5, 5.41) is 0. The van der Waals surface area contributed by atoms with Gasteiger partial charge in [-0.2, -0.15) is 0 Å². The van der Waals surface area contributed by atoms with Crippen LogP contribution in [0.15, 0.2) is 16.6 Å². The molecule has 0 saturated heterocycles. The lowest BCUT2D eigenvalue weighted by Gasteiger charge is -2.43. The summed E-state index contributed by atoms with van der Waals surface area (Å²) in [4.78, 5) is 3.18. The van der Waals surface area contributed by atoms with Gasteiger partial charge in [0.2, 0.25) is 0 Å². The van der Waals surface area contributed by atoms with Gasteiger partial charge in [0.15, 0.2) is 4.77 Å². The molecule has 1 aromatic carbocycles. The number of halogens is 2. The van der Waals surface area contributed by atoms with E-state index in [0.29, 0.717) is 9.24 Å². The molecule has 5 heteroatoms. The molecule has 1 aliphatic rings. The van der Waals surface area contributed by atoms with E-state index in [1.54, 1.807) is 12.1 Å². The summed E-state index contributed by atoms with van der Waals surface area (Å²) in [6.07, 6.45) is 4.51. The molecule has 96 valence electrons. The van der Waals surface area contributed by atoms with Crippen LogP contribution in [0.2, 0.25) is 0 Å². The number of rotatable bonds is 2. The number of aromatic nitrogens is 2. The van der Waals surface area contributed by atoms with E-state index in [2.05, 4.69) is 32.4 Å². The third-order valence-electron chi connectivity index (χ3n) is 4.14. The summed E-state index contributed by atoms with van der Waals surface area (Å²) in [6, 6.07) is 3.33. The van der Waals surface area contributed by atoms with E-state index in [1.807, 2.05) is 0 Å². The van der Waals surface area contributed by atoms with Crippen molar-refractivity contribution in [3.8, 4) is 0 Å². The Morgan fingerprint density at radius 2 is 2.22 bits per heavy atom. The fraction of sp³-hybridized carbons (Fsp3) is 0.462. The maximum absolute atomic E-state index is 13.7. The first-order valence-corrected chi connectivity index (χ1v) is 7.38. The topological polar surface area (TPSA) is 20.7 Å². The molecule has 2 nitrogen and oxygen atoms in total. The van der Waals surface area contributed by atoms with Crippen LogP contribution in [0.5, 0.6) is 0 Å². The van der Waals surface area contributed by atoms with E-state index in [4.69, 9.17) is 12.2 Å². The highest BCUT2D eigenvalue weighted by Crippen LogP contribution is 2.44. The predicted molar refractivity (Wildman–Crippen MR) is 76.9 cm³/mol. The quantitative estimate of drug-likeness (QED) is 0.778. The molecule has 18 heavy (non-hydrogen) atoms. The first-order valence-electron chi connectivity index (χ1n) is 6.18. The first kappa shape index (κ1) is 12.4. The maximum atomic E-state index is 13.7. The SMILES string of the molecule is CCC1(n2c(=S)[nH]c3cc(Br)c(F)cc32)CCC1. The van der Waals surface area contributed by atoms with Crippen LogP contribution in [0.1, 0.15) is 32.6 Å². The number of hydrogen-bond acceptors (Lipinski definition) is 1. The number of hydrogen-bond donors (Lipinski definition) is 1. The summed E-state index contributed by atoms with van der Waals surface area (Å²) < 4.78 is 17.0. The average Bonchev–Trinajstić information content (AvgIpc) is 2.57. The molecule has 0 unspecified atom stereocenters. The van der Waals surface area contributed by atoms with Gasteiger partial charge in [0.25, 0.3) is 0 Å². The molecular formula is C13H14BrFN2S. The molecule has 0 bridgehead atoms. The molecule has 0 amide bonds. The van der Waals surface area contributed by atoms with Crippen LogP contribution >= 0.6 is 28.1 Å². The lowest BCUT2D eigenvalue weighted by atomic mass is 9.74. The van der Waals surface area contributed by atoms with Crippen LogP contribution in [-0.2, 0) is 5.54 Å². The number of nitrogens with zero attached hydrogens (tertiary/aromatic N) is 1. The second-order valence-electron chi connectivity index (χ2n) is 4.98. The zero-order chi connectivity index (χ0) is 12.9. The van der Waals surface area contributed by atoms with Crippen molar-refractivity contribution in [3.05, 3.63) is 27.2 Å². The molecule has 1 saturated carbocycles. The van der Waals surface area contributed by atoms with Crippen LogP contribution in [-0.4, -0.2) is 9.55 Å². The monoisotopic (exact) mass is 328 g/mol. The van der Waals surface area contributed by atoms with Crippen LogP contribution < -0.4 is 0 Å². The van der Waals surface area contributed by atoms with E-state index in [-0.39, 0.29) is 11.4 Å². The largest absolute Gasteiger partial charge is 0.331 e. The minimum absolute atomic E-state index is 0.0929. The van der Waals surface area contributed by atoms with Crippen molar-refractivity contribution in [2.45, 2.75) is 38.1 Å². The lowest BCUT2D eigenvalue weighted by molar-refractivity contribution is 0.140. The number of nitrogens with one attached hydrogen (secondary N) is 1. The maximum Gasteiger partial charge on any atom is 0.178 e. The van der Waals surface area contributed by atoms with Gasteiger partial charge in [0.1, 0.15) is 5.82 Å². The Balaban J connectivity index is 2.32. The molecule has 1 aliphatic carbocycles. The van der Waals surface area contributed by atoms with Crippen LogP contribution in [0.4, 0.5) is 4.39 Å². The van der Waals surface area contributed by atoms with Crippen LogP contribution in [0, 0.1) is 10.6 Å². The Morgan fingerprint density at radius 3 is 2.78 bits per heavy atom. The fourth-order valence-electron chi connectivity index (χ4n) is 2.89. The van der Waals surface area contributed by atoms with Gasteiger partial charge in [-0.3, -0.25) is 0 Å². The van der Waals surface area contributed by atoms with Gasteiger partial charge in [-0.05, 0) is 59.9 Å². The van der Waals surface area contributed by atoms with E-state index in [9.17, 15) is 4.39 Å². The van der Waals surface area contributed by atoms with Crippen molar-refractivity contribution >= 4 is 39.2 Å². The molecule has 0 atom stereocenters. The zero-order valence-electron chi connectivity index (χ0n) is 10.1. The van der Waals surface area contributed by atoms with Crippen LogP contribution in [0.25, 0.3) is 11.0 Å². The van der Waals surface area contributed by atoms with Gasteiger partial charge in [-0.1, -0.05) is 6.92 Å². The molecular weight excluding hydrogens is 315 g/mol. The van der Waals surface area contributed by atoms with E-state index < -0.39 is 0 Å². The predicted octanol–water partition coefficient (Wildman–Crippen LogP) is 4.89. The standard InChI is InChI=1S/C13H14BrFN2S/c1-2-13(4-3-5-13)17-11-7-9(15)8(14)6-10(11)16-12(17)18/h6-7H,2-5H2,1H3,(H,16,18). The minimum Gasteiger partial charge on any atom is -0.331 e. The van der Waals surface area contributed by atoms with Gasteiger partial charge in [0, 0.05) is 11.6 Å². The highest BCUT2D eigenvalue weighted by atomic mass is 79.9. The summed E-state index contributed by atoms with van der Waals surface area (Å²) >= 11 is 8.63. The number of aromatic amines is 1. The fourth-order valence-corrected chi connectivity index (χ4v) is 3.64. The normalized spacial score (nSPS) is 17.9. The number of benzene rings is 1. The zero-order valence-corrected chi connectivity index (χ0v) is 12.5. The highest BCUT2D eigenvalue weighted by molar-refractivity contribution is 9.10. The second-order valence-corrected chi connectivity index (χ2v) is 6.22. The lowest BCUT2D eigenvalue weighted by Crippen LogP contribution is -2.39. The van der Waals surface area contributed by atoms with Crippen molar-refractivity contribution in [1.82, 2.24) is 9.55 Å². The Bertz CT molecular complexity index is 664. The van der Waals surface area contributed by atoms with E-state index >= 15 is 0 Å². The summed E-state index contributed by atoms with van der Waals surface area (Å²) in [5.74, 6) is -0.240. The number of H-pyrrole nitrogens is 1. The molecule has 1 heterocycles. The Labute approximate surface area is 118 Å². The molecule has 0 spiro atoms. The first-order chi connectivity index (χ1) is 8.57. The third kappa shape index (κ3) is 1.60. The number of imidazole rings is 1. The van der Waals surface area contributed by atoms with Crippen molar-refractivity contribution in [3.63, 3.8) is 0 Å². The second kappa shape index (κ2) is 4.17. The molecule has 3 rings (SSSR count). The van der Waals surface area contributed by atoms with Gasteiger partial charge in [0.05, 0.1) is 15.5 Å². The van der Waals surface area contributed by atoms with Crippen molar-refractivity contribution in [2.24, 2.45) is 0 Å². The smallest absolute Gasteiger partial charge is 0.178 e. The van der Waals surface area contributed by atoms with Gasteiger partial charge in [-0.25, -0.2) is 4.39 Å².